The molecule has 0 fully saturated rings. The van der Waals surface area contributed by atoms with E-state index in [-0.39, 0.29) is 25.6 Å². The summed E-state index contributed by atoms with van der Waals surface area (Å²) in [5.41, 5.74) is 0.631. The van der Waals surface area contributed by atoms with E-state index in [0.29, 0.717) is 18.4 Å². The van der Waals surface area contributed by atoms with E-state index in [1.165, 1.54) is 0 Å². The summed E-state index contributed by atoms with van der Waals surface area (Å²) in [5.74, 6) is -3.39. The van der Waals surface area contributed by atoms with Crippen molar-refractivity contribution in [3.8, 4) is 0 Å². The smallest absolute Gasteiger partial charge is 0.460 e. The highest BCUT2D eigenvalue weighted by molar-refractivity contribution is 7.42. The topological polar surface area (TPSA) is 107 Å². The number of hydrogen-bond donors (Lipinski definition) is 0. The highest BCUT2D eigenvalue weighted by Gasteiger charge is 2.31. The molecule has 0 atom stereocenters. The standard InChI is InChI=1S/C19H29O9P/c1-8-15(9-2)16(19(22)25-12-5)28-29(26-13(6)17(20)23-10-3)27-14(7)18(21)24-11-4/h6-12H2,1-5H3. The Hall–Kier alpha value is -2.54. The average molecular weight is 432 g/mol. The van der Waals surface area contributed by atoms with Crippen molar-refractivity contribution in [2.75, 3.05) is 19.8 Å². The molecule has 0 rings (SSSR count). The molecule has 9 nitrogen and oxygen atoms in total. The number of carbonyl (C=O) groups excluding carboxylic acids is 3. The van der Waals surface area contributed by atoms with E-state index in [2.05, 4.69) is 13.2 Å². The molecule has 0 saturated carbocycles. The van der Waals surface area contributed by atoms with E-state index >= 15 is 0 Å². The van der Waals surface area contributed by atoms with Gasteiger partial charge in [-0.3, -0.25) is 0 Å². The Morgan fingerprint density at radius 1 is 0.655 bits per heavy atom. The number of carbonyl (C=O) groups is 3. The van der Waals surface area contributed by atoms with Crippen molar-refractivity contribution < 1.29 is 42.2 Å². The summed E-state index contributed by atoms with van der Waals surface area (Å²) in [6.45, 7) is 15.8. The number of allylic oxidation sites excluding steroid dienone is 1. The van der Waals surface area contributed by atoms with Crippen LogP contribution in [0.1, 0.15) is 47.5 Å². The van der Waals surface area contributed by atoms with Crippen LogP contribution >= 0.6 is 8.60 Å². The van der Waals surface area contributed by atoms with Gasteiger partial charge in [0.2, 0.25) is 17.3 Å². The van der Waals surface area contributed by atoms with Gasteiger partial charge in [0.05, 0.1) is 19.8 Å². The molecule has 0 N–H and O–H groups in total. The van der Waals surface area contributed by atoms with E-state index in [1.807, 2.05) is 13.8 Å². The molecule has 0 amide bonds. The number of hydrogen-bond acceptors (Lipinski definition) is 9. The Labute approximate surface area is 172 Å². The minimum Gasteiger partial charge on any atom is -0.460 e. The van der Waals surface area contributed by atoms with E-state index in [9.17, 15) is 14.4 Å². The summed E-state index contributed by atoms with van der Waals surface area (Å²) in [5, 5.41) is 0. The lowest BCUT2D eigenvalue weighted by atomic mass is 10.1. The maximum Gasteiger partial charge on any atom is 0.530 e. The normalized spacial score (nSPS) is 9.86. The molecule has 0 aromatic rings. The number of esters is 3. The minimum atomic E-state index is -2.51. The average Bonchev–Trinajstić information content (AvgIpc) is 2.68. The maximum absolute atomic E-state index is 12.3. The first kappa shape index (κ1) is 26.5. The molecule has 0 saturated heterocycles. The van der Waals surface area contributed by atoms with Crippen LogP contribution in [0, 0.1) is 0 Å². The lowest BCUT2D eigenvalue weighted by Crippen LogP contribution is -2.15. The quantitative estimate of drug-likeness (QED) is 0.132. The van der Waals surface area contributed by atoms with Gasteiger partial charge in [0.15, 0.2) is 0 Å². The Bertz CT molecular complexity index is 602. The first-order chi connectivity index (χ1) is 13.7. The van der Waals surface area contributed by atoms with Gasteiger partial charge >= 0.3 is 26.5 Å². The van der Waals surface area contributed by atoms with Crippen molar-refractivity contribution in [2.45, 2.75) is 47.5 Å². The van der Waals surface area contributed by atoms with E-state index < -0.39 is 38.0 Å². The van der Waals surface area contributed by atoms with E-state index in [1.54, 1.807) is 20.8 Å². The maximum atomic E-state index is 12.3. The molecular formula is C19H29O9P. The van der Waals surface area contributed by atoms with Gasteiger partial charge in [-0.25, -0.2) is 14.4 Å². The second-order valence-corrected chi connectivity index (χ2v) is 6.14. The van der Waals surface area contributed by atoms with Crippen molar-refractivity contribution in [1.29, 1.82) is 0 Å². The minimum absolute atomic E-state index is 0.0974. The van der Waals surface area contributed by atoms with Crippen LogP contribution in [0.25, 0.3) is 0 Å². The summed E-state index contributed by atoms with van der Waals surface area (Å²) < 4.78 is 30.8. The van der Waals surface area contributed by atoms with Crippen molar-refractivity contribution in [1.82, 2.24) is 0 Å². The Kier molecular flexibility index (Phi) is 13.2. The van der Waals surface area contributed by atoms with Crippen molar-refractivity contribution in [3.63, 3.8) is 0 Å². The third-order valence-corrected chi connectivity index (χ3v) is 4.25. The molecule has 0 radical (unpaired) electrons. The fourth-order valence-electron chi connectivity index (χ4n) is 1.82. The van der Waals surface area contributed by atoms with E-state index in [0.717, 1.165) is 0 Å². The third kappa shape index (κ3) is 9.47. The van der Waals surface area contributed by atoms with Crippen LogP contribution in [0.3, 0.4) is 0 Å². The Morgan fingerprint density at radius 3 is 1.38 bits per heavy atom. The zero-order valence-electron chi connectivity index (χ0n) is 17.6. The van der Waals surface area contributed by atoms with Crippen LogP contribution in [0.2, 0.25) is 0 Å². The molecular weight excluding hydrogens is 403 g/mol. The van der Waals surface area contributed by atoms with Gasteiger partial charge in [-0.1, -0.05) is 13.8 Å². The second-order valence-electron chi connectivity index (χ2n) is 5.15. The van der Waals surface area contributed by atoms with Gasteiger partial charge in [-0.15, -0.1) is 0 Å². The summed E-state index contributed by atoms with van der Waals surface area (Å²) in [4.78, 5) is 36.0. The predicted molar refractivity (Wildman–Crippen MR) is 106 cm³/mol. The fraction of sp³-hybridized carbons (Fsp3) is 0.526. The van der Waals surface area contributed by atoms with Gasteiger partial charge in [-0.2, -0.15) is 0 Å². The molecule has 0 bridgehead atoms. The zero-order valence-corrected chi connectivity index (χ0v) is 18.5. The number of rotatable bonds is 14. The fourth-order valence-corrected chi connectivity index (χ4v) is 2.80. The van der Waals surface area contributed by atoms with Crippen LogP contribution in [0.4, 0.5) is 0 Å². The SMILES string of the molecule is C=C(OP(OC(=C)C(=O)OCC)OC(C(=O)OCC)=C(CC)CC)C(=O)OCC. The summed E-state index contributed by atoms with van der Waals surface area (Å²) >= 11 is 0. The predicted octanol–water partition coefficient (Wildman–Crippen LogP) is 4.05. The highest BCUT2D eigenvalue weighted by atomic mass is 31.2. The van der Waals surface area contributed by atoms with Crippen LogP contribution in [-0.2, 0) is 42.2 Å². The van der Waals surface area contributed by atoms with Crippen LogP contribution in [-0.4, -0.2) is 37.7 Å². The molecule has 0 aliphatic heterocycles. The number of ether oxygens (including phenoxy) is 3. The van der Waals surface area contributed by atoms with Crippen molar-refractivity contribution >= 4 is 26.5 Å². The molecule has 10 heteroatoms. The molecule has 0 heterocycles. The lowest BCUT2D eigenvalue weighted by molar-refractivity contribution is -0.141. The van der Waals surface area contributed by atoms with Crippen LogP contribution < -0.4 is 0 Å². The van der Waals surface area contributed by atoms with Gasteiger partial charge in [-0.05, 0) is 52.3 Å². The zero-order chi connectivity index (χ0) is 22.4. The van der Waals surface area contributed by atoms with Crippen LogP contribution in [0.5, 0.6) is 0 Å². The first-order valence-corrected chi connectivity index (χ1v) is 10.3. The third-order valence-electron chi connectivity index (χ3n) is 3.18. The van der Waals surface area contributed by atoms with Gasteiger partial charge in [0.1, 0.15) is 0 Å². The van der Waals surface area contributed by atoms with Crippen molar-refractivity contribution in [2.24, 2.45) is 0 Å². The van der Waals surface area contributed by atoms with Gasteiger partial charge < -0.3 is 27.8 Å². The monoisotopic (exact) mass is 432 g/mol. The van der Waals surface area contributed by atoms with Gasteiger partial charge in [0, 0.05) is 0 Å². The molecule has 0 spiro atoms. The first-order valence-electron chi connectivity index (χ1n) is 9.20. The molecule has 0 unspecified atom stereocenters. The summed E-state index contributed by atoms with van der Waals surface area (Å²) in [6.07, 6.45) is 0.983. The summed E-state index contributed by atoms with van der Waals surface area (Å²) in [6, 6.07) is 0. The summed E-state index contributed by atoms with van der Waals surface area (Å²) in [7, 11) is -2.51. The molecule has 0 aliphatic rings. The molecule has 0 aromatic heterocycles. The largest absolute Gasteiger partial charge is 0.530 e. The Morgan fingerprint density at radius 2 is 1.03 bits per heavy atom. The Balaban J connectivity index is 5.73. The lowest BCUT2D eigenvalue weighted by Gasteiger charge is -2.21. The second kappa shape index (κ2) is 14.5. The van der Waals surface area contributed by atoms with Gasteiger partial charge in [0.25, 0.3) is 0 Å². The van der Waals surface area contributed by atoms with E-state index in [4.69, 9.17) is 27.8 Å². The highest BCUT2D eigenvalue weighted by Crippen LogP contribution is 2.47. The molecule has 29 heavy (non-hydrogen) atoms. The van der Waals surface area contributed by atoms with Crippen LogP contribution in [0.15, 0.2) is 36.0 Å². The molecule has 0 aromatic carbocycles. The molecule has 164 valence electrons. The molecule has 0 aliphatic carbocycles. The van der Waals surface area contributed by atoms with Crippen molar-refractivity contribution in [3.05, 3.63) is 36.0 Å².